The first-order valence-electron chi connectivity index (χ1n) is 8.15. The molecule has 6 heteroatoms. The zero-order chi connectivity index (χ0) is 18.3. The van der Waals surface area contributed by atoms with Crippen LogP contribution in [0.5, 0.6) is 0 Å². The molecule has 1 fully saturated rings. The summed E-state index contributed by atoms with van der Waals surface area (Å²) in [6.07, 6.45) is 1.30. The Morgan fingerprint density at radius 1 is 0.962 bits per heavy atom. The highest BCUT2D eigenvalue weighted by atomic mass is 16.7. The van der Waals surface area contributed by atoms with Gasteiger partial charge in [-0.05, 0) is 18.2 Å². The van der Waals surface area contributed by atoms with Gasteiger partial charge in [0.2, 0.25) is 0 Å². The van der Waals surface area contributed by atoms with Gasteiger partial charge in [0.1, 0.15) is 0 Å². The molecule has 0 unspecified atom stereocenters. The number of benzene rings is 2. The first kappa shape index (κ1) is 16.1. The fraction of sp³-hybridized carbons (Fsp3) is 0.150. The standard InChI is InChI=1S/C20H16N2O4/c1-20(2)25-18(23)14(19(24)26-20)11-21-16-9-5-7-13-10-12-6-3-4-8-15(12)22-17(13)16/h3-11,21H,1-2H3. The van der Waals surface area contributed by atoms with Gasteiger partial charge in [-0.2, -0.15) is 0 Å². The number of hydrogen-bond acceptors (Lipinski definition) is 6. The summed E-state index contributed by atoms with van der Waals surface area (Å²) >= 11 is 0. The molecule has 0 spiro atoms. The molecule has 0 saturated carbocycles. The van der Waals surface area contributed by atoms with Crippen LogP contribution in [-0.2, 0) is 19.1 Å². The smallest absolute Gasteiger partial charge is 0.350 e. The Hall–Kier alpha value is -3.41. The summed E-state index contributed by atoms with van der Waals surface area (Å²) in [5, 5.41) is 4.97. The number of carbonyl (C=O) groups is 2. The van der Waals surface area contributed by atoms with E-state index in [0.717, 1.165) is 21.8 Å². The molecule has 0 radical (unpaired) electrons. The predicted molar refractivity (Wildman–Crippen MR) is 97.2 cm³/mol. The van der Waals surface area contributed by atoms with Gasteiger partial charge < -0.3 is 14.8 Å². The Morgan fingerprint density at radius 2 is 1.65 bits per heavy atom. The van der Waals surface area contributed by atoms with E-state index >= 15 is 0 Å². The normalized spacial score (nSPS) is 16.3. The molecule has 1 saturated heterocycles. The third kappa shape index (κ3) is 2.86. The van der Waals surface area contributed by atoms with Gasteiger partial charge in [0, 0.05) is 30.8 Å². The summed E-state index contributed by atoms with van der Waals surface area (Å²) < 4.78 is 10.2. The molecule has 130 valence electrons. The van der Waals surface area contributed by atoms with Crippen LogP contribution in [0.2, 0.25) is 0 Å². The molecule has 0 amide bonds. The molecular formula is C20H16N2O4. The lowest BCUT2D eigenvalue weighted by atomic mass is 10.1. The van der Waals surface area contributed by atoms with Crippen molar-refractivity contribution in [2.75, 3.05) is 5.32 Å². The number of nitrogens with one attached hydrogen (secondary N) is 1. The second-order valence-corrected chi connectivity index (χ2v) is 6.44. The summed E-state index contributed by atoms with van der Waals surface area (Å²) in [6, 6.07) is 15.5. The van der Waals surface area contributed by atoms with E-state index in [0.29, 0.717) is 5.69 Å². The van der Waals surface area contributed by atoms with Crippen LogP contribution in [-0.4, -0.2) is 22.7 Å². The highest BCUT2D eigenvalue weighted by Crippen LogP contribution is 2.27. The SMILES string of the molecule is CC1(C)OC(=O)C(=CNc2cccc3cc4ccccc4nc23)C(=O)O1. The first-order chi connectivity index (χ1) is 12.4. The number of hydrogen-bond donors (Lipinski definition) is 1. The number of anilines is 1. The zero-order valence-corrected chi connectivity index (χ0v) is 14.3. The van der Waals surface area contributed by atoms with Crippen LogP contribution in [0, 0.1) is 0 Å². The minimum absolute atomic E-state index is 0.192. The molecule has 3 aromatic rings. The topological polar surface area (TPSA) is 77.5 Å². The van der Waals surface area contributed by atoms with Crippen molar-refractivity contribution in [1.29, 1.82) is 0 Å². The quantitative estimate of drug-likeness (QED) is 0.330. The lowest BCUT2D eigenvalue weighted by Gasteiger charge is -2.29. The number of aromatic nitrogens is 1. The average Bonchev–Trinajstić information content (AvgIpc) is 2.58. The molecule has 2 aromatic carbocycles. The third-order valence-corrected chi connectivity index (χ3v) is 4.04. The van der Waals surface area contributed by atoms with Crippen LogP contribution in [0.25, 0.3) is 21.8 Å². The van der Waals surface area contributed by atoms with Crippen LogP contribution in [0.3, 0.4) is 0 Å². The molecule has 26 heavy (non-hydrogen) atoms. The number of fused-ring (bicyclic) bond motifs is 2. The van der Waals surface area contributed by atoms with E-state index in [9.17, 15) is 9.59 Å². The fourth-order valence-electron chi connectivity index (χ4n) is 2.85. The van der Waals surface area contributed by atoms with Gasteiger partial charge in [0.25, 0.3) is 5.79 Å². The Labute approximate surface area is 149 Å². The van der Waals surface area contributed by atoms with Gasteiger partial charge in [0.05, 0.1) is 16.7 Å². The maximum atomic E-state index is 12.0. The number of carbonyl (C=O) groups excluding carboxylic acids is 2. The lowest BCUT2D eigenvalue weighted by Crippen LogP contribution is -2.42. The number of para-hydroxylation sites is 2. The Kier molecular flexibility index (Phi) is 3.61. The van der Waals surface area contributed by atoms with Gasteiger partial charge in [-0.25, -0.2) is 14.6 Å². The molecule has 1 aliphatic heterocycles. The Balaban J connectivity index is 1.72. The number of esters is 2. The van der Waals surface area contributed by atoms with Crippen molar-refractivity contribution in [1.82, 2.24) is 4.98 Å². The predicted octanol–water partition coefficient (Wildman–Crippen LogP) is 3.52. The lowest BCUT2D eigenvalue weighted by molar-refractivity contribution is -0.222. The number of nitrogens with zero attached hydrogens (tertiary/aromatic N) is 1. The second-order valence-electron chi connectivity index (χ2n) is 6.44. The molecule has 2 heterocycles. The highest BCUT2D eigenvalue weighted by molar-refractivity contribution is 6.15. The molecule has 1 N–H and O–H groups in total. The van der Waals surface area contributed by atoms with Crippen LogP contribution >= 0.6 is 0 Å². The summed E-state index contributed by atoms with van der Waals surface area (Å²) in [5.74, 6) is -2.71. The molecule has 0 atom stereocenters. The van der Waals surface area contributed by atoms with Crippen molar-refractivity contribution >= 4 is 39.4 Å². The molecule has 1 aliphatic rings. The van der Waals surface area contributed by atoms with E-state index < -0.39 is 17.7 Å². The number of cyclic esters (lactones) is 2. The molecule has 4 rings (SSSR count). The van der Waals surface area contributed by atoms with E-state index in [1.807, 2.05) is 48.5 Å². The second kappa shape index (κ2) is 5.84. The number of pyridine rings is 1. The van der Waals surface area contributed by atoms with E-state index in [1.165, 1.54) is 20.0 Å². The van der Waals surface area contributed by atoms with Crippen LogP contribution < -0.4 is 5.32 Å². The van der Waals surface area contributed by atoms with E-state index in [1.54, 1.807) is 0 Å². The Bertz CT molecular complexity index is 1060. The van der Waals surface area contributed by atoms with Crippen LogP contribution in [0.4, 0.5) is 5.69 Å². The third-order valence-electron chi connectivity index (χ3n) is 4.04. The van der Waals surface area contributed by atoms with Crippen molar-refractivity contribution in [2.45, 2.75) is 19.6 Å². The van der Waals surface area contributed by atoms with Gasteiger partial charge >= 0.3 is 11.9 Å². The van der Waals surface area contributed by atoms with Gasteiger partial charge in [-0.3, -0.25) is 0 Å². The van der Waals surface area contributed by atoms with E-state index in [4.69, 9.17) is 9.47 Å². The maximum Gasteiger partial charge on any atom is 0.350 e. The van der Waals surface area contributed by atoms with E-state index in [2.05, 4.69) is 10.3 Å². The molecular weight excluding hydrogens is 332 g/mol. The zero-order valence-electron chi connectivity index (χ0n) is 14.3. The molecule has 1 aromatic heterocycles. The Morgan fingerprint density at radius 3 is 2.42 bits per heavy atom. The van der Waals surface area contributed by atoms with Crippen LogP contribution in [0.1, 0.15) is 13.8 Å². The van der Waals surface area contributed by atoms with Crippen molar-refractivity contribution in [3.8, 4) is 0 Å². The van der Waals surface area contributed by atoms with Gasteiger partial charge in [-0.15, -0.1) is 0 Å². The first-order valence-corrected chi connectivity index (χ1v) is 8.15. The van der Waals surface area contributed by atoms with Crippen molar-refractivity contribution < 1.29 is 19.1 Å². The van der Waals surface area contributed by atoms with Crippen molar-refractivity contribution in [3.05, 3.63) is 60.3 Å². The number of rotatable bonds is 2. The van der Waals surface area contributed by atoms with Crippen molar-refractivity contribution in [2.24, 2.45) is 0 Å². The summed E-state index contributed by atoms with van der Waals surface area (Å²) in [6.45, 7) is 3.01. The molecule has 6 nitrogen and oxygen atoms in total. The minimum Gasteiger partial charge on any atom is -0.419 e. The average molecular weight is 348 g/mol. The number of ether oxygens (including phenoxy) is 2. The summed E-state index contributed by atoms with van der Waals surface area (Å²) in [4.78, 5) is 28.7. The molecule has 0 bridgehead atoms. The largest absolute Gasteiger partial charge is 0.419 e. The van der Waals surface area contributed by atoms with Crippen molar-refractivity contribution in [3.63, 3.8) is 0 Å². The van der Waals surface area contributed by atoms with E-state index in [-0.39, 0.29) is 5.57 Å². The van der Waals surface area contributed by atoms with Gasteiger partial charge in [0.15, 0.2) is 5.57 Å². The maximum absolute atomic E-state index is 12.0. The fourth-order valence-corrected chi connectivity index (χ4v) is 2.85. The molecule has 0 aliphatic carbocycles. The highest BCUT2D eigenvalue weighted by Gasteiger charge is 2.38. The van der Waals surface area contributed by atoms with Crippen LogP contribution in [0.15, 0.2) is 60.3 Å². The minimum atomic E-state index is -1.26. The summed E-state index contributed by atoms with van der Waals surface area (Å²) in [5.41, 5.74) is 2.08. The monoisotopic (exact) mass is 348 g/mol. The van der Waals surface area contributed by atoms with Gasteiger partial charge in [-0.1, -0.05) is 30.3 Å². The summed E-state index contributed by atoms with van der Waals surface area (Å²) in [7, 11) is 0.